The number of likely N-dealkylation sites (tertiary alicyclic amines) is 1. The largest absolute Gasteiger partial charge is 0.365 e. The van der Waals surface area contributed by atoms with Crippen LogP contribution in [0.15, 0.2) is 61.1 Å². The van der Waals surface area contributed by atoms with Gasteiger partial charge in [-0.2, -0.15) is 5.10 Å². The molecule has 7 nitrogen and oxygen atoms in total. The summed E-state index contributed by atoms with van der Waals surface area (Å²) in [6.45, 7) is 3.04. The molecule has 7 heteroatoms. The van der Waals surface area contributed by atoms with Gasteiger partial charge in [0.25, 0.3) is 0 Å². The lowest BCUT2D eigenvalue weighted by atomic mass is 10.2. The van der Waals surface area contributed by atoms with Crippen LogP contribution < -0.4 is 5.32 Å². The topological polar surface area (TPSA) is 71.8 Å². The molecule has 0 radical (unpaired) electrons. The molecule has 0 unspecified atom stereocenters. The van der Waals surface area contributed by atoms with Gasteiger partial charge in [-0.15, -0.1) is 0 Å². The zero-order chi connectivity index (χ0) is 19.6. The van der Waals surface area contributed by atoms with Gasteiger partial charge in [-0.05, 0) is 24.1 Å². The van der Waals surface area contributed by atoms with Gasteiger partial charge in [0.1, 0.15) is 5.82 Å². The van der Waals surface area contributed by atoms with Crippen LogP contribution in [-0.2, 0) is 13.6 Å². The third-order valence-electron chi connectivity index (χ3n) is 5.37. The quantitative estimate of drug-likeness (QED) is 0.569. The van der Waals surface area contributed by atoms with Crippen LogP contribution in [0, 0.1) is 0 Å². The third-order valence-corrected chi connectivity index (χ3v) is 5.37. The van der Waals surface area contributed by atoms with Crippen molar-refractivity contribution in [2.75, 3.05) is 18.4 Å². The lowest BCUT2D eigenvalue weighted by Gasteiger charge is -2.17. The predicted molar refractivity (Wildman–Crippen MR) is 113 cm³/mol. The van der Waals surface area contributed by atoms with Crippen LogP contribution in [-0.4, -0.2) is 48.8 Å². The Bertz CT molecular complexity index is 1110. The maximum atomic E-state index is 4.82. The molecule has 4 aromatic rings. The molecule has 1 fully saturated rings. The molecule has 0 amide bonds. The second kappa shape index (κ2) is 7.60. The molecule has 4 heterocycles. The van der Waals surface area contributed by atoms with Crippen LogP contribution in [0.3, 0.4) is 0 Å². The molecule has 1 saturated heterocycles. The fourth-order valence-electron chi connectivity index (χ4n) is 3.89. The van der Waals surface area contributed by atoms with Gasteiger partial charge < -0.3 is 5.32 Å². The molecule has 1 aliphatic rings. The SMILES string of the molecule is Cn1ncc2c(N[C@H]3CCN(Cc4ccccc4)C3)nc(-c3cccnc3)nc21. The summed E-state index contributed by atoms with van der Waals surface area (Å²) in [6.07, 6.45) is 6.46. The Morgan fingerprint density at radius 1 is 1.07 bits per heavy atom. The molecule has 5 rings (SSSR count). The van der Waals surface area contributed by atoms with Crippen molar-refractivity contribution in [2.45, 2.75) is 19.0 Å². The molecule has 29 heavy (non-hydrogen) atoms. The Kier molecular flexibility index (Phi) is 4.65. The molecule has 1 atom stereocenters. The van der Waals surface area contributed by atoms with Crippen LogP contribution in [0.4, 0.5) is 5.82 Å². The van der Waals surface area contributed by atoms with E-state index in [-0.39, 0.29) is 0 Å². The summed E-state index contributed by atoms with van der Waals surface area (Å²) in [5, 5.41) is 8.99. The number of anilines is 1. The minimum absolute atomic E-state index is 0.346. The van der Waals surface area contributed by atoms with Crippen molar-refractivity contribution in [3.8, 4) is 11.4 Å². The highest BCUT2D eigenvalue weighted by Gasteiger charge is 2.24. The van der Waals surface area contributed by atoms with E-state index in [2.05, 4.69) is 50.6 Å². The molecule has 0 spiro atoms. The Morgan fingerprint density at radius 3 is 2.79 bits per heavy atom. The van der Waals surface area contributed by atoms with E-state index in [1.54, 1.807) is 17.1 Å². The number of hydrogen-bond acceptors (Lipinski definition) is 6. The van der Waals surface area contributed by atoms with Crippen molar-refractivity contribution in [3.63, 3.8) is 0 Å². The lowest BCUT2D eigenvalue weighted by molar-refractivity contribution is 0.328. The molecule has 0 bridgehead atoms. The van der Waals surface area contributed by atoms with Crippen LogP contribution >= 0.6 is 0 Å². The average molecular weight is 385 g/mol. The number of hydrogen-bond donors (Lipinski definition) is 1. The molecule has 1 aliphatic heterocycles. The highest BCUT2D eigenvalue weighted by atomic mass is 15.3. The standard InChI is InChI=1S/C22H23N7/c1-28-22-19(13-24-28)21(26-20(27-22)17-8-5-10-23-12-17)25-18-9-11-29(15-18)14-16-6-3-2-4-7-16/h2-8,10,12-13,18H,9,11,14-15H2,1H3,(H,25,26,27)/t18-/m0/s1. The smallest absolute Gasteiger partial charge is 0.165 e. The molecular weight excluding hydrogens is 362 g/mol. The van der Waals surface area contributed by atoms with E-state index in [0.717, 1.165) is 48.5 Å². The predicted octanol–water partition coefficient (Wildman–Crippen LogP) is 3.11. The summed E-state index contributed by atoms with van der Waals surface area (Å²) in [5.41, 5.74) is 3.07. The van der Waals surface area contributed by atoms with Gasteiger partial charge in [-0.25, -0.2) is 9.97 Å². The fraction of sp³-hybridized carbons (Fsp3) is 0.273. The Labute approximate surface area is 169 Å². The lowest BCUT2D eigenvalue weighted by Crippen LogP contribution is -2.26. The maximum absolute atomic E-state index is 4.82. The van der Waals surface area contributed by atoms with Crippen LogP contribution in [0.25, 0.3) is 22.4 Å². The molecular formula is C22H23N7. The van der Waals surface area contributed by atoms with Gasteiger partial charge in [-0.3, -0.25) is 14.6 Å². The van der Waals surface area contributed by atoms with Gasteiger partial charge in [-0.1, -0.05) is 30.3 Å². The Balaban J connectivity index is 1.39. The van der Waals surface area contributed by atoms with E-state index in [1.165, 1.54) is 5.56 Å². The Hall–Kier alpha value is -3.32. The normalized spacial score (nSPS) is 17.1. The number of nitrogens with one attached hydrogen (secondary N) is 1. The molecule has 0 aliphatic carbocycles. The maximum Gasteiger partial charge on any atom is 0.165 e. The first kappa shape index (κ1) is 17.8. The zero-order valence-corrected chi connectivity index (χ0v) is 16.4. The van der Waals surface area contributed by atoms with Crippen molar-refractivity contribution in [2.24, 2.45) is 7.05 Å². The van der Waals surface area contributed by atoms with E-state index >= 15 is 0 Å². The molecule has 0 saturated carbocycles. The van der Waals surface area contributed by atoms with Crippen molar-refractivity contribution < 1.29 is 0 Å². The van der Waals surface area contributed by atoms with Crippen LogP contribution in [0.2, 0.25) is 0 Å². The molecule has 3 aromatic heterocycles. The third kappa shape index (κ3) is 3.69. The molecule has 1 aromatic carbocycles. The van der Waals surface area contributed by atoms with E-state index in [9.17, 15) is 0 Å². The number of benzene rings is 1. The summed E-state index contributed by atoms with van der Waals surface area (Å²) in [5.74, 6) is 1.50. The van der Waals surface area contributed by atoms with Gasteiger partial charge >= 0.3 is 0 Å². The summed E-state index contributed by atoms with van der Waals surface area (Å²) in [7, 11) is 1.91. The highest BCUT2D eigenvalue weighted by molar-refractivity contribution is 5.88. The fourth-order valence-corrected chi connectivity index (χ4v) is 3.89. The monoisotopic (exact) mass is 385 g/mol. The van der Waals surface area contributed by atoms with Gasteiger partial charge in [0.15, 0.2) is 11.5 Å². The second-order valence-corrected chi connectivity index (χ2v) is 7.49. The number of fused-ring (bicyclic) bond motifs is 1. The van der Waals surface area contributed by atoms with Crippen molar-refractivity contribution in [1.29, 1.82) is 0 Å². The number of rotatable bonds is 5. The summed E-state index contributed by atoms with van der Waals surface area (Å²) in [6, 6.07) is 14.9. The van der Waals surface area contributed by atoms with Gasteiger partial charge in [0.05, 0.1) is 11.6 Å². The van der Waals surface area contributed by atoms with E-state index in [1.807, 2.05) is 25.4 Å². The van der Waals surface area contributed by atoms with E-state index in [4.69, 9.17) is 9.97 Å². The van der Waals surface area contributed by atoms with Crippen molar-refractivity contribution in [1.82, 2.24) is 29.6 Å². The van der Waals surface area contributed by atoms with E-state index in [0.29, 0.717) is 11.9 Å². The summed E-state index contributed by atoms with van der Waals surface area (Å²) in [4.78, 5) is 16.2. The Morgan fingerprint density at radius 2 is 1.97 bits per heavy atom. The summed E-state index contributed by atoms with van der Waals surface area (Å²) >= 11 is 0. The second-order valence-electron chi connectivity index (χ2n) is 7.49. The van der Waals surface area contributed by atoms with E-state index < -0.39 is 0 Å². The average Bonchev–Trinajstić information content (AvgIpc) is 3.36. The van der Waals surface area contributed by atoms with Gasteiger partial charge in [0, 0.05) is 50.7 Å². The first-order chi connectivity index (χ1) is 14.3. The minimum atomic E-state index is 0.346. The number of aryl methyl sites for hydroxylation is 1. The van der Waals surface area contributed by atoms with Crippen LogP contribution in [0.1, 0.15) is 12.0 Å². The van der Waals surface area contributed by atoms with Crippen molar-refractivity contribution in [3.05, 3.63) is 66.6 Å². The number of nitrogens with zero attached hydrogens (tertiary/aromatic N) is 6. The van der Waals surface area contributed by atoms with Gasteiger partial charge in [0.2, 0.25) is 0 Å². The first-order valence-corrected chi connectivity index (χ1v) is 9.89. The van der Waals surface area contributed by atoms with Crippen LogP contribution in [0.5, 0.6) is 0 Å². The first-order valence-electron chi connectivity index (χ1n) is 9.89. The molecule has 146 valence electrons. The minimum Gasteiger partial charge on any atom is -0.365 e. The highest BCUT2D eigenvalue weighted by Crippen LogP contribution is 2.26. The zero-order valence-electron chi connectivity index (χ0n) is 16.4. The number of pyridine rings is 1. The molecule has 1 N–H and O–H groups in total. The van der Waals surface area contributed by atoms with Crippen molar-refractivity contribution >= 4 is 16.9 Å². The summed E-state index contributed by atoms with van der Waals surface area (Å²) < 4.78 is 1.79. The number of aromatic nitrogens is 5.